The Hall–Kier alpha value is -3.45. The van der Waals surface area contributed by atoms with Crippen LogP contribution in [0.4, 0.5) is 11.5 Å². The molecule has 0 saturated heterocycles. The number of nitrogen functional groups attached to an aromatic ring is 1. The Morgan fingerprint density at radius 1 is 1.30 bits per heavy atom. The molecule has 0 saturated carbocycles. The van der Waals surface area contributed by atoms with Gasteiger partial charge < -0.3 is 19.8 Å². The lowest BCUT2D eigenvalue weighted by atomic mass is 10.2. The van der Waals surface area contributed by atoms with E-state index in [9.17, 15) is 14.4 Å². The number of amides is 1. The van der Waals surface area contributed by atoms with Crippen LogP contribution in [0, 0.1) is 5.92 Å². The van der Waals surface area contributed by atoms with Crippen molar-refractivity contribution >= 4 is 29.2 Å². The topological polar surface area (TPSA) is 162 Å². The predicted octanol–water partition coefficient (Wildman–Crippen LogP) is 0.991. The molecule has 0 aliphatic carbocycles. The number of ether oxygens (including phenoxy) is 1. The van der Waals surface area contributed by atoms with Crippen molar-refractivity contribution in [1.29, 1.82) is 0 Å². The second-order valence-electron chi connectivity index (χ2n) is 7.43. The van der Waals surface area contributed by atoms with Crippen LogP contribution in [0.2, 0.25) is 0 Å². The van der Waals surface area contributed by atoms with Gasteiger partial charge in [-0.25, -0.2) is 4.79 Å². The highest BCUT2D eigenvalue weighted by Crippen LogP contribution is 2.24. The van der Waals surface area contributed by atoms with Crippen LogP contribution in [0.1, 0.15) is 13.8 Å². The first-order valence-electron chi connectivity index (χ1n) is 10.1. The average molecular weight is 476 g/mol. The molecule has 0 aromatic carbocycles. The fraction of sp³-hybridized carbons (Fsp3) is 0.400. The van der Waals surface area contributed by atoms with Gasteiger partial charge >= 0.3 is 5.69 Å². The summed E-state index contributed by atoms with van der Waals surface area (Å²) in [7, 11) is 1.48. The van der Waals surface area contributed by atoms with Crippen LogP contribution >= 0.6 is 11.8 Å². The molecule has 3 heterocycles. The minimum absolute atomic E-state index is 0.0646. The molecule has 33 heavy (non-hydrogen) atoms. The van der Waals surface area contributed by atoms with E-state index >= 15 is 0 Å². The fourth-order valence-electron chi connectivity index (χ4n) is 3.01. The van der Waals surface area contributed by atoms with Crippen LogP contribution in [-0.2, 0) is 16.1 Å². The number of pyridine rings is 1. The van der Waals surface area contributed by atoms with Crippen molar-refractivity contribution in [3.63, 3.8) is 0 Å². The van der Waals surface area contributed by atoms with Crippen LogP contribution in [0.15, 0.2) is 43.8 Å². The molecule has 0 spiro atoms. The number of hydrogen-bond donors (Lipinski definition) is 2. The molecule has 0 bridgehead atoms. The molecule has 176 valence electrons. The quantitative estimate of drug-likeness (QED) is 0.404. The average Bonchev–Trinajstić information content (AvgIpc) is 3.26. The number of rotatable bonds is 10. The monoisotopic (exact) mass is 475 g/mol. The van der Waals surface area contributed by atoms with Crippen molar-refractivity contribution in [2.24, 2.45) is 5.92 Å². The number of anilines is 2. The Kier molecular flexibility index (Phi) is 8.01. The van der Waals surface area contributed by atoms with Gasteiger partial charge in [0.15, 0.2) is 5.69 Å². The number of hydrogen-bond acceptors (Lipinski definition) is 10. The van der Waals surface area contributed by atoms with Crippen molar-refractivity contribution in [2.75, 3.05) is 36.6 Å². The van der Waals surface area contributed by atoms with Crippen molar-refractivity contribution in [3.8, 4) is 11.5 Å². The zero-order chi connectivity index (χ0) is 24.0. The second-order valence-corrected chi connectivity index (χ2v) is 8.36. The van der Waals surface area contributed by atoms with Gasteiger partial charge in [-0.3, -0.25) is 24.1 Å². The molecular formula is C20H25N7O5S. The minimum Gasteiger partial charge on any atom is -0.411 e. The number of H-pyrrole nitrogens is 1. The maximum absolute atomic E-state index is 13.1. The fourth-order valence-corrected chi connectivity index (χ4v) is 3.65. The second kappa shape index (κ2) is 10.9. The van der Waals surface area contributed by atoms with Crippen molar-refractivity contribution < 1.29 is 13.9 Å². The maximum atomic E-state index is 13.1. The summed E-state index contributed by atoms with van der Waals surface area (Å²) in [4.78, 5) is 45.3. The first-order chi connectivity index (χ1) is 15.8. The lowest BCUT2D eigenvalue weighted by Gasteiger charge is -2.24. The van der Waals surface area contributed by atoms with E-state index in [0.29, 0.717) is 11.5 Å². The highest BCUT2D eigenvalue weighted by Gasteiger charge is 2.25. The number of methoxy groups -OCH3 is 1. The molecule has 0 aliphatic rings. The Bertz CT molecular complexity index is 1210. The molecular weight excluding hydrogens is 450 g/mol. The third kappa shape index (κ3) is 5.87. The lowest BCUT2D eigenvalue weighted by molar-refractivity contribution is -0.116. The normalized spacial score (nSPS) is 11.2. The van der Waals surface area contributed by atoms with E-state index in [1.54, 1.807) is 24.5 Å². The number of carbonyl (C=O) groups is 1. The van der Waals surface area contributed by atoms with E-state index in [2.05, 4.69) is 20.2 Å². The number of aromatic nitrogens is 5. The van der Waals surface area contributed by atoms with Gasteiger partial charge in [0.1, 0.15) is 5.82 Å². The van der Waals surface area contributed by atoms with Crippen LogP contribution in [-0.4, -0.2) is 56.7 Å². The van der Waals surface area contributed by atoms with Gasteiger partial charge in [-0.2, -0.15) is 0 Å². The van der Waals surface area contributed by atoms with Crippen molar-refractivity contribution in [2.45, 2.75) is 25.6 Å². The van der Waals surface area contributed by atoms with E-state index in [4.69, 9.17) is 14.9 Å². The Morgan fingerprint density at radius 2 is 2.03 bits per heavy atom. The summed E-state index contributed by atoms with van der Waals surface area (Å²) in [5.41, 5.74) is 5.40. The third-order valence-electron chi connectivity index (χ3n) is 4.50. The number of nitrogens with zero attached hydrogens (tertiary/aromatic N) is 5. The molecule has 0 atom stereocenters. The summed E-state index contributed by atoms with van der Waals surface area (Å²) in [6.07, 6.45) is 3.20. The van der Waals surface area contributed by atoms with Gasteiger partial charge in [-0.05, 0) is 18.1 Å². The molecule has 0 unspecified atom stereocenters. The van der Waals surface area contributed by atoms with E-state index in [1.165, 1.54) is 16.6 Å². The molecule has 3 N–H and O–H groups in total. The zero-order valence-electron chi connectivity index (χ0n) is 18.5. The van der Waals surface area contributed by atoms with Gasteiger partial charge in [0, 0.05) is 38.2 Å². The first kappa shape index (κ1) is 24.2. The van der Waals surface area contributed by atoms with Crippen LogP contribution in [0.3, 0.4) is 0 Å². The smallest absolute Gasteiger partial charge is 0.330 e. The van der Waals surface area contributed by atoms with Crippen LogP contribution < -0.4 is 21.9 Å². The molecule has 0 radical (unpaired) electrons. The molecule has 12 nitrogen and oxygen atoms in total. The van der Waals surface area contributed by atoms with E-state index in [-0.39, 0.29) is 48.1 Å². The summed E-state index contributed by atoms with van der Waals surface area (Å²) in [5.74, 6) is -0.235. The predicted molar refractivity (Wildman–Crippen MR) is 123 cm³/mol. The zero-order valence-corrected chi connectivity index (χ0v) is 19.3. The van der Waals surface area contributed by atoms with E-state index in [1.807, 2.05) is 13.8 Å². The summed E-state index contributed by atoms with van der Waals surface area (Å²) < 4.78 is 11.9. The van der Waals surface area contributed by atoms with Crippen molar-refractivity contribution in [1.82, 2.24) is 24.7 Å². The molecule has 1 amide bonds. The van der Waals surface area contributed by atoms with Gasteiger partial charge in [0.2, 0.25) is 11.8 Å². The Labute approximate surface area is 193 Å². The number of thioether (sulfide) groups is 1. The molecule has 0 fully saturated rings. The molecule has 3 aromatic heterocycles. The number of nitrogens with one attached hydrogen (secondary N) is 1. The third-order valence-corrected chi connectivity index (χ3v) is 5.31. The maximum Gasteiger partial charge on any atom is 0.330 e. The number of aromatic amines is 1. The van der Waals surface area contributed by atoms with E-state index in [0.717, 1.165) is 11.8 Å². The summed E-state index contributed by atoms with van der Waals surface area (Å²) >= 11 is 1.02. The van der Waals surface area contributed by atoms with Gasteiger partial charge in [-0.1, -0.05) is 25.6 Å². The van der Waals surface area contributed by atoms with Crippen molar-refractivity contribution in [3.05, 3.63) is 45.4 Å². The summed E-state index contributed by atoms with van der Waals surface area (Å²) in [5, 5.41) is 8.10. The molecule has 3 rings (SSSR count). The van der Waals surface area contributed by atoms with E-state index < -0.39 is 17.2 Å². The molecule has 13 heteroatoms. The standard InChI is InChI=1S/C20H25N7O5S/c1-12(2)10-27-16(21)15(17(29)23-19(27)30)26(8-9-31-3)14(28)11-33-20-25-24-18(32-20)13-4-6-22-7-5-13/h4-7,12H,8-11,21H2,1-3H3,(H,23,29,30). The highest BCUT2D eigenvalue weighted by atomic mass is 32.2. The largest absolute Gasteiger partial charge is 0.411 e. The molecule has 3 aromatic rings. The van der Waals surface area contributed by atoms with Crippen LogP contribution in [0.25, 0.3) is 11.5 Å². The lowest BCUT2D eigenvalue weighted by Crippen LogP contribution is -2.43. The first-order valence-corrected chi connectivity index (χ1v) is 11.1. The summed E-state index contributed by atoms with van der Waals surface area (Å²) in [6, 6.07) is 3.45. The van der Waals surface area contributed by atoms with Gasteiger partial charge in [0.25, 0.3) is 10.8 Å². The Morgan fingerprint density at radius 3 is 2.70 bits per heavy atom. The highest BCUT2D eigenvalue weighted by molar-refractivity contribution is 7.99. The number of nitrogens with two attached hydrogens (primary N) is 1. The SMILES string of the molecule is COCCN(C(=O)CSc1nnc(-c2ccncc2)o1)c1c(N)n(CC(C)C)c(=O)[nH]c1=O. The van der Waals surface area contributed by atoms with Gasteiger partial charge in [-0.15, -0.1) is 10.2 Å². The summed E-state index contributed by atoms with van der Waals surface area (Å²) in [6.45, 7) is 4.33. The molecule has 0 aliphatic heterocycles. The number of carbonyl (C=O) groups excluding carboxylic acids is 1. The Balaban J connectivity index is 1.83. The van der Waals surface area contributed by atoms with Crippen LogP contribution in [0.5, 0.6) is 0 Å². The minimum atomic E-state index is -0.746. The van der Waals surface area contributed by atoms with Gasteiger partial charge in [0.05, 0.1) is 12.4 Å².